The normalized spacial score (nSPS) is 31.2. The van der Waals surface area contributed by atoms with Crippen LogP contribution < -0.4 is 5.73 Å². The molecule has 1 unspecified atom stereocenters. The standard InChI is InChI=1S/C9H18N2S/c10-5-9-2-4-11(9)3-1-8-6-12-7-8/h8-9H,1-7,10H2. The van der Waals surface area contributed by atoms with Gasteiger partial charge in [0.25, 0.3) is 0 Å². The molecule has 2 fully saturated rings. The van der Waals surface area contributed by atoms with E-state index in [4.69, 9.17) is 5.73 Å². The molecule has 0 aromatic heterocycles. The van der Waals surface area contributed by atoms with Crippen LogP contribution in [0.4, 0.5) is 0 Å². The first-order valence-electron chi connectivity index (χ1n) is 4.92. The molecular weight excluding hydrogens is 168 g/mol. The van der Waals surface area contributed by atoms with Gasteiger partial charge < -0.3 is 5.73 Å². The Bertz CT molecular complexity index is 145. The number of hydrogen-bond donors (Lipinski definition) is 1. The largest absolute Gasteiger partial charge is 0.329 e. The van der Waals surface area contributed by atoms with Gasteiger partial charge in [-0.1, -0.05) is 0 Å². The maximum Gasteiger partial charge on any atom is 0.0230 e. The van der Waals surface area contributed by atoms with Crippen LogP contribution in [0.5, 0.6) is 0 Å². The van der Waals surface area contributed by atoms with Crippen molar-refractivity contribution >= 4 is 11.8 Å². The molecule has 0 saturated carbocycles. The molecule has 0 bridgehead atoms. The van der Waals surface area contributed by atoms with E-state index in [0.717, 1.165) is 18.5 Å². The van der Waals surface area contributed by atoms with Gasteiger partial charge in [0.2, 0.25) is 0 Å². The summed E-state index contributed by atoms with van der Waals surface area (Å²) in [4.78, 5) is 2.54. The fourth-order valence-electron chi connectivity index (χ4n) is 1.86. The maximum atomic E-state index is 5.63. The van der Waals surface area contributed by atoms with Gasteiger partial charge in [0.05, 0.1) is 0 Å². The highest BCUT2D eigenvalue weighted by molar-refractivity contribution is 8.00. The van der Waals surface area contributed by atoms with Crippen LogP contribution in [-0.2, 0) is 0 Å². The van der Waals surface area contributed by atoms with Crippen molar-refractivity contribution in [1.29, 1.82) is 0 Å². The first-order chi connectivity index (χ1) is 5.90. The highest BCUT2D eigenvalue weighted by atomic mass is 32.2. The summed E-state index contributed by atoms with van der Waals surface area (Å²) in [7, 11) is 0. The molecule has 3 heteroatoms. The van der Waals surface area contributed by atoms with Crippen LogP contribution in [0.25, 0.3) is 0 Å². The first-order valence-corrected chi connectivity index (χ1v) is 6.07. The molecule has 70 valence electrons. The van der Waals surface area contributed by atoms with Crippen molar-refractivity contribution in [3.05, 3.63) is 0 Å². The fourth-order valence-corrected chi connectivity index (χ4v) is 2.76. The van der Waals surface area contributed by atoms with Gasteiger partial charge in [0.15, 0.2) is 0 Å². The third-order valence-electron chi connectivity index (χ3n) is 3.07. The predicted molar refractivity (Wildman–Crippen MR) is 54.5 cm³/mol. The molecule has 0 aromatic carbocycles. The van der Waals surface area contributed by atoms with E-state index in [1.165, 1.54) is 37.4 Å². The summed E-state index contributed by atoms with van der Waals surface area (Å²) >= 11 is 2.09. The van der Waals surface area contributed by atoms with Crippen molar-refractivity contribution in [2.75, 3.05) is 31.1 Å². The van der Waals surface area contributed by atoms with Gasteiger partial charge in [-0.15, -0.1) is 0 Å². The number of rotatable bonds is 4. The quantitative estimate of drug-likeness (QED) is 0.703. The molecule has 0 aliphatic carbocycles. The average Bonchev–Trinajstić information content (AvgIpc) is 1.93. The van der Waals surface area contributed by atoms with Gasteiger partial charge in [0, 0.05) is 19.1 Å². The zero-order valence-electron chi connectivity index (χ0n) is 7.54. The molecule has 12 heavy (non-hydrogen) atoms. The van der Waals surface area contributed by atoms with E-state index in [1.54, 1.807) is 0 Å². The Hall–Kier alpha value is 0.270. The second-order valence-electron chi connectivity index (χ2n) is 3.91. The van der Waals surface area contributed by atoms with E-state index in [0.29, 0.717) is 0 Å². The molecule has 0 spiro atoms. The molecule has 0 radical (unpaired) electrons. The van der Waals surface area contributed by atoms with Gasteiger partial charge in [0.1, 0.15) is 0 Å². The Morgan fingerprint density at radius 3 is 2.67 bits per heavy atom. The molecule has 2 saturated heterocycles. The third kappa shape index (κ3) is 1.78. The second-order valence-corrected chi connectivity index (χ2v) is 4.98. The summed E-state index contributed by atoms with van der Waals surface area (Å²) in [6.45, 7) is 3.45. The van der Waals surface area contributed by atoms with Crippen molar-refractivity contribution in [3.63, 3.8) is 0 Å². The van der Waals surface area contributed by atoms with Crippen molar-refractivity contribution in [2.24, 2.45) is 11.7 Å². The minimum atomic E-state index is 0.720. The second kappa shape index (κ2) is 3.99. The molecule has 2 N–H and O–H groups in total. The van der Waals surface area contributed by atoms with Crippen LogP contribution in [0.15, 0.2) is 0 Å². The molecule has 0 amide bonds. The molecule has 2 nitrogen and oxygen atoms in total. The highest BCUT2D eigenvalue weighted by Crippen LogP contribution is 2.28. The summed E-state index contributed by atoms with van der Waals surface area (Å²) < 4.78 is 0. The molecule has 1 atom stereocenters. The van der Waals surface area contributed by atoms with Crippen LogP contribution >= 0.6 is 11.8 Å². The van der Waals surface area contributed by atoms with E-state index in [1.807, 2.05) is 0 Å². The monoisotopic (exact) mass is 186 g/mol. The molecule has 0 aromatic rings. The molecule has 2 aliphatic heterocycles. The minimum Gasteiger partial charge on any atom is -0.329 e. The van der Waals surface area contributed by atoms with Crippen molar-refractivity contribution in [1.82, 2.24) is 4.90 Å². The van der Waals surface area contributed by atoms with E-state index in [9.17, 15) is 0 Å². The van der Waals surface area contributed by atoms with Gasteiger partial charge in [-0.3, -0.25) is 4.90 Å². The lowest BCUT2D eigenvalue weighted by Crippen LogP contribution is -2.52. The van der Waals surface area contributed by atoms with Crippen LogP contribution in [-0.4, -0.2) is 42.1 Å². The van der Waals surface area contributed by atoms with Crippen LogP contribution in [0, 0.1) is 5.92 Å². The minimum absolute atomic E-state index is 0.720. The van der Waals surface area contributed by atoms with Crippen LogP contribution in [0.2, 0.25) is 0 Å². The molecule has 2 heterocycles. The average molecular weight is 186 g/mol. The summed E-state index contributed by atoms with van der Waals surface area (Å²) in [6.07, 6.45) is 2.74. The Balaban J connectivity index is 1.59. The van der Waals surface area contributed by atoms with Gasteiger partial charge in [-0.25, -0.2) is 0 Å². The van der Waals surface area contributed by atoms with Crippen LogP contribution in [0.1, 0.15) is 12.8 Å². The summed E-state index contributed by atoms with van der Waals surface area (Å²) in [5, 5.41) is 0. The number of likely N-dealkylation sites (tertiary alicyclic amines) is 1. The third-order valence-corrected chi connectivity index (χ3v) is 4.48. The first kappa shape index (κ1) is 8.85. The van der Waals surface area contributed by atoms with Gasteiger partial charge >= 0.3 is 0 Å². The SMILES string of the molecule is NCC1CCN1CCC1CSC1. The zero-order chi connectivity index (χ0) is 8.39. The summed E-state index contributed by atoms with van der Waals surface area (Å²) in [5.41, 5.74) is 5.63. The fraction of sp³-hybridized carbons (Fsp3) is 1.00. The number of nitrogens with zero attached hydrogens (tertiary/aromatic N) is 1. The molecule has 2 rings (SSSR count). The summed E-state index contributed by atoms with van der Waals surface area (Å²) in [6, 6.07) is 0.720. The lowest BCUT2D eigenvalue weighted by atomic mass is 10.0. The van der Waals surface area contributed by atoms with Gasteiger partial charge in [-0.2, -0.15) is 11.8 Å². The smallest absolute Gasteiger partial charge is 0.0230 e. The van der Waals surface area contributed by atoms with Crippen LogP contribution in [0.3, 0.4) is 0 Å². The van der Waals surface area contributed by atoms with E-state index in [2.05, 4.69) is 16.7 Å². The topological polar surface area (TPSA) is 29.3 Å². The zero-order valence-corrected chi connectivity index (χ0v) is 8.35. The Kier molecular flexibility index (Phi) is 2.94. The molecular formula is C9H18N2S. The van der Waals surface area contributed by atoms with E-state index < -0.39 is 0 Å². The van der Waals surface area contributed by atoms with Crippen molar-refractivity contribution in [3.8, 4) is 0 Å². The Morgan fingerprint density at radius 1 is 1.42 bits per heavy atom. The Labute approximate surface area is 78.9 Å². The lowest BCUT2D eigenvalue weighted by Gasteiger charge is -2.41. The maximum absolute atomic E-state index is 5.63. The molecule has 2 aliphatic rings. The van der Waals surface area contributed by atoms with Crippen molar-refractivity contribution < 1.29 is 0 Å². The van der Waals surface area contributed by atoms with E-state index >= 15 is 0 Å². The van der Waals surface area contributed by atoms with Gasteiger partial charge in [-0.05, 0) is 36.8 Å². The number of thioether (sulfide) groups is 1. The predicted octanol–water partition coefficient (Wildman–Crippen LogP) is 0.772. The van der Waals surface area contributed by atoms with Crippen molar-refractivity contribution in [2.45, 2.75) is 18.9 Å². The number of nitrogens with two attached hydrogens (primary N) is 1. The summed E-state index contributed by atoms with van der Waals surface area (Å²) in [5.74, 6) is 3.83. The Morgan fingerprint density at radius 2 is 2.25 bits per heavy atom. The number of hydrogen-bond acceptors (Lipinski definition) is 3. The van der Waals surface area contributed by atoms with E-state index in [-0.39, 0.29) is 0 Å². The lowest BCUT2D eigenvalue weighted by molar-refractivity contribution is 0.0910. The highest BCUT2D eigenvalue weighted by Gasteiger charge is 2.27.